The van der Waals surface area contributed by atoms with Gasteiger partial charge in [-0.1, -0.05) is 12.1 Å². The molecule has 2 aliphatic heterocycles. The number of anilines is 3. The van der Waals surface area contributed by atoms with Crippen LogP contribution in [0.5, 0.6) is 17.2 Å². The molecule has 0 bridgehead atoms. The summed E-state index contributed by atoms with van der Waals surface area (Å²) in [6.45, 7) is 22.1. The van der Waals surface area contributed by atoms with Gasteiger partial charge in [-0.25, -0.2) is 0 Å². The van der Waals surface area contributed by atoms with Crippen LogP contribution in [-0.4, -0.2) is 58.1 Å². The molecule has 49 heavy (non-hydrogen) atoms. The van der Waals surface area contributed by atoms with Gasteiger partial charge in [0.1, 0.15) is 17.2 Å². The molecular formula is C43H61N3O3. The monoisotopic (exact) mass is 667 g/mol. The molecule has 6 heteroatoms. The van der Waals surface area contributed by atoms with Crippen molar-refractivity contribution in [3.8, 4) is 17.2 Å². The van der Waals surface area contributed by atoms with Gasteiger partial charge in [0.2, 0.25) is 0 Å². The number of rotatable bonds is 4. The van der Waals surface area contributed by atoms with Gasteiger partial charge in [-0.15, -0.1) is 0 Å². The van der Waals surface area contributed by atoms with Gasteiger partial charge < -0.3 is 28.9 Å². The Bertz CT molecular complexity index is 1690. The summed E-state index contributed by atoms with van der Waals surface area (Å²) < 4.78 is 16.2. The first-order valence-corrected chi connectivity index (χ1v) is 17.7. The molecular weight excluding hydrogens is 606 g/mol. The van der Waals surface area contributed by atoms with E-state index in [1.165, 1.54) is 46.4 Å². The fraction of sp³-hybridized carbons (Fsp3) is 0.488. The van der Waals surface area contributed by atoms with Crippen LogP contribution in [0.4, 0.5) is 17.1 Å². The summed E-state index contributed by atoms with van der Waals surface area (Å²) in [5, 5.41) is 2.37. The van der Waals surface area contributed by atoms with Gasteiger partial charge in [0.15, 0.2) is 0 Å². The highest BCUT2D eigenvalue weighted by Gasteiger charge is 2.26. The summed E-state index contributed by atoms with van der Waals surface area (Å²) in [4.78, 5) is 7.07. The van der Waals surface area contributed by atoms with Gasteiger partial charge in [0, 0.05) is 66.1 Å². The van der Waals surface area contributed by atoms with Crippen molar-refractivity contribution >= 4 is 27.8 Å². The maximum atomic E-state index is 5.50. The van der Waals surface area contributed by atoms with E-state index in [0.717, 1.165) is 42.2 Å². The number of ether oxygens (including phenoxy) is 3. The fourth-order valence-electron chi connectivity index (χ4n) is 6.18. The SMILES string of the molecule is CN(c1ccc2c(c1)CCO2)C(C)(C)C.COc1ccc2c(c1)CCCN2C(C)(C)C.COc1cccc2cc(N(C)C(C)(C)C)ccc12. The zero-order chi connectivity index (χ0) is 36.1. The minimum atomic E-state index is 0.118. The van der Waals surface area contributed by atoms with Gasteiger partial charge >= 0.3 is 0 Å². The van der Waals surface area contributed by atoms with Gasteiger partial charge in [-0.05, 0) is 152 Å². The van der Waals surface area contributed by atoms with Crippen molar-refractivity contribution in [1.29, 1.82) is 0 Å². The van der Waals surface area contributed by atoms with Crippen LogP contribution in [0.2, 0.25) is 0 Å². The molecule has 0 atom stereocenters. The summed E-state index contributed by atoms with van der Waals surface area (Å²) >= 11 is 0. The second kappa shape index (κ2) is 15.2. The Hall–Kier alpha value is -4.06. The molecule has 4 aromatic carbocycles. The molecule has 0 saturated carbocycles. The summed E-state index contributed by atoms with van der Waals surface area (Å²) in [6, 6.07) is 25.5. The molecule has 4 aromatic rings. The van der Waals surface area contributed by atoms with E-state index in [0.29, 0.717) is 0 Å². The highest BCUT2D eigenvalue weighted by atomic mass is 16.5. The van der Waals surface area contributed by atoms with E-state index in [1.807, 2.05) is 12.1 Å². The molecule has 0 radical (unpaired) electrons. The van der Waals surface area contributed by atoms with Crippen LogP contribution in [-0.2, 0) is 12.8 Å². The van der Waals surface area contributed by atoms with E-state index in [1.54, 1.807) is 14.2 Å². The first kappa shape index (κ1) is 37.8. The summed E-state index contributed by atoms with van der Waals surface area (Å²) in [5.74, 6) is 2.95. The third-order valence-corrected chi connectivity index (χ3v) is 9.72. The zero-order valence-electron chi connectivity index (χ0n) is 32.5. The molecule has 0 saturated heterocycles. The fourth-order valence-corrected chi connectivity index (χ4v) is 6.18. The molecule has 0 fully saturated rings. The highest BCUT2D eigenvalue weighted by molar-refractivity contribution is 5.91. The van der Waals surface area contributed by atoms with Crippen molar-refractivity contribution in [1.82, 2.24) is 0 Å². The first-order valence-electron chi connectivity index (χ1n) is 17.7. The third-order valence-electron chi connectivity index (χ3n) is 9.72. The summed E-state index contributed by atoms with van der Waals surface area (Å²) in [7, 11) is 7.70. The van der Waals surface area contributed by atoms with E-state index in [2.05, 4.69) is 152 Å². The average molecular weight is 668 g/mol. The lowest BCUT2D eigenvalue weighted by molar-refractivity contribution is 0.357. The van der Waals surface area contributed by atoms with Crippen LogP contribution in [0, 0.1) is 0 Å². The van der Waals surface area contributed by atoms with Crippen LogP contribution < -0.4 is 28.9 Å². The number of fused-ring (bicyclic) bond motifs is 3. The Kier molecular flexibility index (Phi) is 11.7. The van der Waals surface area contributed by atoms with Crippen LogP contribution in [0.15, 0.2) is 72.8 Å². The predicted octanol–water partition coefficient (Wildman–Crippen LogP) is 10.2. The first-order chi connectivity index (χ1) is 22.9. The lowest BCUT2D eigenvalue weighted by atomic mass is 9.95. The topological polar surface area (TPSA) is 37.4 Å². The summed E-state index contributed by atoms with van der Waals surface area (Å²) in [6.07, 6.45) is 3.44. The normalized spacial score (nSPS) is 13.9. The van der Waals surface area contributed by atoms with Crippen LogP contribution in [0.3, 0.4) is 0 Å². The maximum Gasteiger partial charge on any atom is 0.126 e. The van der Waals surface area contributed by atoms with Crippen LogP contribution in [0.1, 0.15) is 79.9 Å². The second-order valence-corrected chi connectivity index (χ2v) is 16.1. The quantitative estimate of drug-likeness (QED) is 0.216. The molecule has 6 nitrogen and oxygen atoms in total. The number of methoxy groups -OCH3 is 2. The molecule has 2 aliphatic rings. The number of hydrogen-bond donors (Lipinski definition) is 0. The minimum absolute atomic E-state index is 0.118. The molecule has 2 heterocycles. The van der Waals surface area contributed by atoms with Crippen molar-refractivity contribution in [3.63, 3.8) is 0 Å². The predicted molar refractivity (Wildman–Crippen MR) is 211 cm³/mol. The van der Waals surface area contributed by atoms with Gasteiger partial charge in [0.05, 0.1) is 20.8 Å². The number of aryl methyl sites for hydroxylation is 1. The van der Waals surface area contributed by atoms with E-state index >= 15 is 0 Å². The molecule has 0 amide bonds. The molecule has 0 spiro atoms. The van der Waals surface area contributed by atoms with Crippen molar-refractivity contribution in [2.75, 3.05) is 56.2 Å². The lowest BCUT2D eigenvalue weighted by Gasteiger charge is -2.41. The summed E-state index contributed by atoms with van der Waals surface area (Å²) in [5.41, 5.74) is 7.10. The maximum absolute atomic E-state index is 5.50. The molecule has 0 aromatic heterocycles. The molecule has 0 aliphatic carbocycles. The Labute approximate surface area is 297 Å². The van der Waals surface area contributed by atoms with Crippen molar-refractivity contribution in [2.24, 2.45) is 0 Å². The van der Waals surface area contributed by atoms with Crippen molar-refractivity contribution in [2.45, 2.75) is 98.2 Å². The molecule has 6 rings (SSSR count). The Morgan fingerprint density at radius 1 is 0.673 bits per heavy atom. The number of nitrogens with zero attached hydrogens (tertiary/aromatic N) is 3. The van der Waals surface area contributed by atoms with Gasteiger partial charge in [0.25, 0.3) is 0 Å². The largest absolute Gasteiger partial charge is 0.497 e. The number of benzene rings is 4. The Balaban J connectivity index is 0.000000166. The van der Waals surface area contributed by atoms with Crippen LogP contribution >= 0.6 is 0 Å². The highest BCUT2D eigenvalue weighted by Crippen LogP contribution is 2.35. The van der Waals surface area contributed by atoms with E-state index < -0.39 is 0 Å². The van der Waals surface area contributed by atoms with E-state index in [-0.39, 0.29) is 16.6 Å². The number of hydrogen-bond acceptors (Lipinski definition) is 6. The Morgan fingerprint density at radius 3 is 1.94 bits per heavy atom. The van der Waals surface area contributed by atoms with E-state index in [4.69, 9.17) is 14.2 Å². The lowest BCUT2D eigenvalue weighted by Crippen LogP contribution is -2.44. The van der Waals surface area contributed by atoms with Gasteiger partial charge in [-0.2, -0.15) is 0 Å². The Morgan fingerprint density at radius 2 is 1.33 bits per heavy atom. The minimum Gasteiger partial charge on any atom is -0.497 e. The van der Waals surface area contributed by atoms with E-state index in [9.17, 15) is 0 Å². The smallest absolute Gasteiger partial charge is 0.126 e. The second-order valence-electron chi connectivity index (χ2n) is 16.1. The molecule has 0 N–H and O–H groups in total. The van der Waals surface area contributed by atoms with Crippen LogP contribution in [0.25, 0.3) is 10.8 Å². The molecule has 266 valence electrons. The third kappa shape index (κ3) is 9.35. The van der Waals surface area contributed by atoms with Crippen molar-refractivity contribution < 1.29 is 14.2 Å². The van der Waals surface area contributed by atoms with Gasteiger partial charge in [-0.3, -0.25) is 0 Å². The average Bonchev–Trinajstić information content (AvgIpc) is 3.54. The standard InChI is InChI=1S/C16H21NO.C14H21NO.C13H19NO/c1-16(2,3)17(4)13-9-10-14-12(11-13)7-6-8-15(14)18-5;1-14(2,3)15-9-5-6-11-10-12(16-4)7-8-13(11)15;1-13(2,3)14(4)11-5-6-12-10(9-11)7-8-15-12/h6-11H,1-5H3;7-8,10H,5-6,9H2,1-4H3;5-6,9H,7-8H2,1-4H3. The zero-order valence-corrected chi connectivity index (χ0v) is 32.5. The molecule has 0 unspecified atom stereocenters. The van der Waals surface area contributed by atoms with Crippen molar-refractivity contribution in [3.05, 3.63) is 83.9 Å².